The van der Waals surface area contributed by atoms with Gasteiger partial charge in [-0.2, -0.15) is 5.10 Å². The fourth-order valence-corrected chi connectivity index (χ4v) is 4.83. The second-order valence-corrected chi connectivity index (χ2v) is 10.3. The van der Waals surface area contributed by atoms with Gasteiger partial charge in [-0.1, -0.05) is 19.1 Å². The number of hydrogen-bond donors (Lipinski definition) is 0. The maximum atomic E-state index is 13.6. The van der Waals surface area contributed by atoms with E-state index in [4.69, 9.17) is 4.99 Å². The number of hydrazone groups is 1. The van der Waals surface area contributed by atoms with E-state index in [0.29, 0.717) is 17.0 Å². The molecule has 2 aliphatic rings. The quantitative estimate of drug-likeness (QED) is 0.652. The zero-order valence-corrected chi connectivity index (χ0v) is 18.9. The Morgan fingerprint density at radius 2 is 1.81 bits per heavy atom. The molecule has 2 atom stereocenters. The van der Waals surface area contributed by atoms with Crippen LogP contribution in [0.4, 0.5) is 4.39 Å². The van der Waals surface area contributed by atoms with Gasteiger partial charge in [-0.15, -0.1) is 0 Å². The number of fused-ring (bicyclic) bond motifs is 3. The predicted molar refractivity (Wildman–Crippen MR) is 123 cm³/mol. The Morgan fingerprint density at radius 3 is 2.47 bits per heavy atom. The molecule has 8 heteroatoms. The lowest BCUT2D eigenvalue weighted by molar-refractivity contribution is -0.110. The summed E-state index contributed by atoms with van der Waals surface area (Å²) in [5, 5.41) is 6.26. The minimum absolute atomic E-state index is 0.0548. The highest BCUT2D eigenvalue weighted by Gasteiger charge is 2.31. The molecule has 0 saturated carbocycles. The third-order valence-electron chi connectivity index (χ3n) is 5.76. The number of aliphatic imine (C=N–C) groups is 1. The number of aldehydes is 1. The third-order valence-corrected chi connectivity index (χ3v) is 7.42. The highest BCUT2D eigenvalue weighted by molar-refractivity contribution is 7.90. The summed E-state index contributed by atoms with van der Waals surface area (Å²) in [6.45, 7) is 3.55. The molecule has 4 rings (SSSR count). The van der Waals surface area contributed by atoms with Crippen LogP contribution in [0.25, 0.3) is 0 Å². The number of benzene rings is 2. The monoisotopic (exact) mass is 453 g/mol. The molecule has 6 nitrogen and oxygen atoms in total. The molecule has 0 N–H and O–H groups in total. The molecule has 2 heterocycles. The summed E-state index contributed by atoms with van der Waals surface area (Å²) in [7, 11) is -1.50. The van der Waals surface area contributed by atoms with E-state index in [-0.39, 0.29) is 23.4 Å². The van der Waals surface area contributed by atoms with Crippen molar-refractivity contribution >= 4 is 27.5 Å². The summed E-state index contributed by atoms with van der Waals surface area (Å²) in [5.41, 5.74) is 5.04. The molecule has 2 aromatic rings. The zero-order valence-electron chi connectivity index (χ0n) is 18.1. The number of likely N-dealkylation sites (N-methyl/N-ethyl adjacent to an activating group) is 1. The first-order valence-electron chi connectivity index (χ1n) is 10.4. The van der Waals surface area contributed by atoms with Crippen LogP contribution in [0.15, 0.2) is 64.2 Å². The van der Waals surface area contributed by atoms with E-state index in [1.807, 2.05) is 25.1 Å². The van der Waals surface area contributed by atoms with E-state index >= 15 is 0 Å². The standard InChI is InChI=1S/C24H24FN3O3S/c1-4-32(30,31)14-16-5-10-20-22(11-16)24-21(12-19(13-29)28(3)27-24)15(2)26-23(20)17-6-8-18(25)9-7-17/h5-13,15,19H,4,14H2,1-3H3. The minimum Gasteiger partial charge on any atom is -0.301 e. The summed E-state index contributed by atoms with van der Waals surface area (Å²) in [6, 6.07) is 10.8. The summed E-state index contributed by atoms with van der Waals surface area (Å²) in [6.07, 6.45) is 2.66. The van der Waals surface area contributed by atoms with Gasteiger partial charge in [0.25, 0.3) is 0 Å². The fourth-order valence-electron chi connectivity index (χ4n) is 3.94. The number of nitrogens with zero attached hydrogens (tertiary/aromatic N) is 3. The molecule has 2 aliphatic heterocycles. The van der Waals surface area contributed by atoms with Crippen LogP contribution in [0.1, 0.15) is 36.1 Å². The molecule has 166 valence electrons. The number of sulfone groups is 1. The number of halogens is 1. The zero-order chi connectivity index (χ0) is 23.0. The highest BCUT2D eigenvalue weighted by Crippen LogP contribution is 2.31. The van der Waals surface area contributed by atoms with Crippen LogP contribution in [-0.2, 0) is 20.4 Å². The topological polar surface area (TPSA) is 79.2 Å². The molecule has 2 unspecified atom stereocenters. The molecule has 0 fully saturated rings. The molecular weight excluding hydrogens is 429 g/mol. The fraction of sp³-hybridized carbons (Fsp3) is 0.292. The van der Waals surface area contributed by atoms with Crippen LogP contribution in [-0.4, -0.2) is 56.0 Å². The van der Waals surface area contributed by atoms with Crippen molar-refractivity contribution in [3.63, 3.8) is 0 Å². The lowest BCUT2D eigenvalue weighted by Gasteiger charge is -2.27. The van der Waals surface area contributed by atoms with E-state index in [1.54, 1.807) is 37.2 Å². The smallest absolute Gasteiger partial charge is 0.154 e. The van der Waals surface area contributed by atoms with Crippen LogP contribution < -0.4 is 0 Å². The van der Waals surface area contributed by atoms with E-state index in [0.717, 1.165) is 28.5 Å². The Balaban J connectivity index is 1.95. The van der Waals surface area contributed by atoms with Crippen molar-refractivity contribution in [2.75, 3.05) is 12.8 Å². The maximum Gasteiger partial charge on any atom is 0.154 e. The Kier molecular flexibility index (Phi) is 5.81. The predicted octanol–water partition coefficient (Wildman–Crippen LogP) is 3.14. The van der Waals surface area contributed by atoms with Crippen molar-refractivity contribution in [2.45, 2.75) is 31.7 Å². The van der Waals surface area contributed by atoms with Crippen molar-refractivity contribution in [3.05, 3.63) is 82.2 Å². The molecule has 0 aliphatic carbocycles. The van der Waals surface area contributed by atoms with Crippen molar-refractivity contribution in [1.82, 2.24) is 5.01 Å². The average molecular weight is 454 g/mol. The molecular formula is C24H24FN3O3S. The Morgan fingerprint density at radius 1 is 1.09 bits per heavy atom. The minimum atomic E-state index is -3.23. The molecule has 0 saturated heterocycles. The van der Waals surface area contributed by atoms with Crippen LogP contribution in [0.3, 0.4) is 0 Å². The summed E-state index contributed by atoms with van der Waals surface area (Å²) >= 11 is 0. The second-order valence-electron chi connectivity index (χ2n) is 7.99. The lowest BCUT2D eigenvalue weighted by atomic mass is 9.90. The van der Waals surface area contributed by atoms with Gasteiger partial charge in [0.2, 0.25) is 0 Å². The van der Waals surface area contributed by atoms with E-state index in [1.165, 1.54) is 12.1 Å². The van der Waals surface area contributed by atoms with Crippen molar-refractivity contribution in [3.8, 4) is 0 Å². The van der Waals surface area contributed by atoms with Gasteiger partial charge in [0.15, 0.2) is 9.84 Å². The molecule has 32 heavy (non-hydrogen) atoms. The van der Waals surface area contributed by atoms with Crippen molar-refractivity contribution in [1.29, 1.82) is 0 Å². The van der Waals surface area contributed by atoms with Gasteiger partial charge < -0.3 is 4.79 Å². The molecule has 2 aromatic carbocycles. The van der Waals surface area contributed by atoms with Crippen molar-refractivity contribution in [2.24, 2.45) is 10.1 Å². The SMILES string of the molecule is CCS(=O)(=O)Cc1ccc2c(c1)C1=NN(C)C(C=O)C=C1C(C)N=C2c1ccc(F)cc1. The van der Waals surface area contributed by atoms with Crippen LogP contribution in [0, 0.1) is 5.82 Å². The first-order valence-corrected chi connectivity index (χ1v) is 12.2. The van der Waals surface area contributed by atoms with E-state index < -0.39 is 15.9 Å². The van der Waals surface area contributed by atoms with Gasteiger partial charge in [-0.25, -0.2) is 12.8 Å². The lowest BCUT2D eigenvalue weighted by Crippen LogP contribution is -2.34. The molecule has 0 aromatic heterocycles. The first-order chi connectivity index (χ1) is 15.2. The number of carbonyl (C=O) groups excluding carboxylic acids is 1. The molecule has 0 amide bonds. The van der Waals surface area contributed by atoms with Gasteiger partial charge in [0.05, 0.1) is 23.2 Å². The Labute approximate surface area is 187 Å². The Hall–Kier alpha value is -3.13. The van der Waals surface area contributed by atoms with Crippen LogP contribution in [0.5, 0.6) is 0 Å². The highest BCUT2D eigenvalue weighted by atomic mass is 32.2. The molecule has 0 spiro atoms. The maximum absolute atomic E-state index is 13.6. The van der Waals surface area contributed by atoms with Crippen LogP contribution >= 0.6 is 0 Å². The largest absolute Gasteiger partial charge is 0.301 e. The van der Waals surface area contributed by atoms with E-state index in [9.17, 15) is 17.6 Å². The number of rotatable bonds is 5. The number of carbonyl (C=O) groups is 1. The second kappa shape index (κ2) is 8.43. The van der Waals surface area contributed by atoms with Crippen molar-refractivity contribution < 1.29 is 17.6 Å². The first kappa shape index (κ1) is 22.1. The summed E-state index contributed by atoms with van der Waals surface area (Å²) in [4.78, 5) is 16.5. The summed E-state index contributed by atoms with van der Waals surface area (Å²) in [5.74, 6) is -0.360. The van der Waals surface area contributed by atoms with E-state index in [2.05, 4.69) is 5.10 Å². The Bertz CT molecular complexity index is 1260. The molecule has 0 bridgehead atoms. The number of hydrogen-bond acceptors (Lipinski definition) is 6. The van der Waals surface area contributed by atoms with Gasteiger partial charge in [-0.3, -0.25) is 10.0 Å². The van der Waals surface area contributed by atoms with Gasteiger partial charge in [0.1, 0.15) is 18.1 Å². The summed E-state index contributed by atoms with van der Waals surface area (Å²) < 4.78 is 38.0. The van der Waals surface area contributed by atoms with Crippen LogP contribution in [0.2, 0.25) is 0 Å². The van der Waals surface area contributed by atoms with Gasteiger partial charge in [0, 0.05) is 35.1 Å². The molecule has 0 radical (unpaired) electrons. The average Bonchev–Trinajstić information content (AvgIpc) is 2.88. The van der Waals surface area contributed by atoms with Gasteiger partial charge in [-0.05, 0) is 48.9 Å². The third kappa shape index (κ3) is 4.14. The van der Waals surface area contributed by atoms with Gasteiger partial charge >= 0.3 is 0 Å². The normalized spacial score (nSPS) is 20.4.